The highest BCUT2D eigenvalue weighted by Gasteiger charge is 2.43. The van der Waals surface area contributed by atoms with Gasteiger partial charge in [-0.25, -0.2) is 4.79 Å². The topological polar surface area (TPSA) is 48.0 Å². The van der Waals surface area contributed by atoms with Crippen LogP contribution < -0.4 is 0 Å². The zero-order chi connectivity index (χ0) is 18.8. The third-order valence-electron chi connectivity index (χ3n) is 4.64. The molecule has 1 aliphatic rings. The molecule has 0 aromatic rings. The maximum Gasteiger partial charge on any atom is 0.410 e. The number of hydrogen-bond donors (Lipinski definition) is 0. The summed E-state index contributed by atoms with van der Waals surface area (Å²) in [5, 5.41) is 0.143. The van der Waals surface area contributed by atoms with Gasteiger partial charge in [0.25, 0.3) is 0 Å². The van der Waals surface area contributed by atoms with Crippen LogP contribution in [0, 0.1) is 0 Å². The van der Waals surface area contributed by atoms with Crippen molar-refractivity contribution >= 4 is 14.4 Å². The lowest BCUT2D eigenvalue weighted by atomic mass is 10.2. The number of rotatable bonds is 4. The molecule has 0 aromatic heterocycles. The molecule has 0 radical (unpaired) electrons. The molecule has 1 aliphatic heterocycles. The van der Waals surface area contributed by atoms with E-state index in [0.29, 0.717) is 6.54 Å². The van der Waals surface area contributed by atoms with Crippen LogP contribution in [0.3, 0.4) is 0 Å². The molecule has 0 spiro atoms. The zero-order valence-corrected chi connectivity index (χ0v) is 17.8. The minimum Gasteiger partial charge on any atom is -0.505 e. The number of likely N-dealkylation sites (tertiary alicyclic amines) is 1. The lowest BCUT2D eigenvalue weighted by Crippen LogP contribution is -2.45. The Hall–Kier alpha value is -1.01. The first-order chi connectivity index (χ1) is 10.8. The van der Waals surface area contributed by atoms with Gasteiger partial charge in [0.15, 0.2) is 8.32 Å². The Kier molecular flexibility index (Phi) is 6.55. The number of carbonyl (C=O) groups is 1. The Morgan fingerprint density at radius 2 is 1.75 bits per heavy atom. The first kappa shape index (κ1) is 21.0. The highest BCUT2D eigenvalue weighted by Crippen LogP contribution is 2.39. The smallest absolute Gasteiger partial charge is 0.410 e. The quantitative estimate of drug-likeness (QED) is 0.547. The Labute approximate surface area is 148 Å². The van der Waals surface area contributed by atoms with Gasteiger partial charge in [0.05, 0.1) is 25.5 Å². The molecular formula is C18H35NO4Si. The minimum absolute atomic E-state index is 0.0323. The molecule has 0 aromatic carbocycles. The molecule has 1 amide bonds. The monoisotopic (exact) mass is 357 g/mol. The van der Waals surface area contributed by atoms with Crippen LogP contribution >= 0.6 is 0 Å². The van der Waals surface area contributed by atoms with E-state index in [4.69, 9.17) is 13.9 Å². The fraction of sp³-hybridized carbons (Fsp3) is 0.833. The first-order valence-electron chi connectivity index (χ1n) is 8.64. The SMILES string of the molecule is CO/C=C/C1C[C@@H](O[Si](C)(C)C(C)(C)C)CN1C(=O)OC(C)(C)C. The van der Waals surface area contributed by atoms with Crippen molar-refractivity contribution in [2.75, 3.05) is 13.7 Å². The number of ether oxygens (including phenoxy) is 2. The Morgan fingerprint density at radius 1 is 1.17 bits per heavy atom. The van der Waals surface area contributed by atoms with Crippen molar-refractivity contribution in [3.05, 3.63) is 12.3 Å². The third kappa shape index (κ3) is 5.81. The van der Waals surface area contributed by atoms with Crippen molar-refractivity contribution in [2.45, 2.75) is 83.8 Å². The molecule has 0 saturated carbocycles. The molecule has 1 fully saturated rings. The second-order valence-electron chi connectivity index (χ2n) is 9.00. The third-order valence-corrected chi connectivity index (χ3v) is 9.17. The van der Waals surface area contributed by atoms with E-state index in [-0.39, 0.29) is 23.3 Å². The van der Waals surface area contributed by atoms with Crippen LogP contribution in [0.5, 0.6) is 0 Å². The molecule has 1 heterocycles. The van der Waals surface area contributed by atoms with Crippen LogP contribution in [0.4, 0.5) is 4.79 Å². The molecule has 1 unspecified atom stereocenters. The molecule has 0 N–H and O–H groups in total. The van der Waals surface area contributed by atoms with Crippen molar-refractivity contribution < 1.29 is 18.7 Å². The molecule has 0 aliphatic carbocycles. The maximum absolute atomic E-state index is 12.5. The summed E-state index contributed by atoms with van der Waals surface area (Å²) in [6.07, 6.45) is 4.03. The van der Waals surface area contributed by atoms with Gasteiger partial charge >= 0.3 is 6.09 Å². The summed E-state index contributed by atoms with van der Waals surface area (Å²) in [5.41, 5.74) is -0.509. The standard InChI is InChI=1S/C18H35NO4Si/c1-17(2,3)22-16(20)19-13-15(12-14(19)10-11-21-7)23-24(8,9)18(4,5)6/h10-11,14-15H,12-13H2,1-9H3/b11-10+/t14?,15-/m1/s1. The van der Waals surface area contributed by atoms with Gasteiger partial charge in [0.2, 0.25) is 0 Å². The highest BCUT2D eigenvalue weighted by atomic mass is 28.4. The van der Waals surface area contributed by atoms with Gasteiger partial charge in [0.1, 0.15) is 5.60 Å². The van der Waals surface area contributed by atoms with Crippen molar-refractivity contribution in [3.63, 3.8) is 0 Å². The molecule has 140 valence electrons. The Balaban J connectivity index is 2.87. The largest absolute Gasteiger partial charge is 0.505 e. The fourth-order valence-corrected chi connectivity index (χ4v) is 3.74. The van der Waals surface area contributed by atoms with E-state index in [1.54, 1.807) is 18.3 Å². The number of nitrogens with zero attached hydrogens (tertiary/aromatic N) is 1. The predicted molar refractivity (Wildman–Crippen MR) is 99.6 cm³/mol. The van der Waals surface area contributed by atoms with Gasteiger partial charge in [-0.15, -0.1) is 0 Å². The zero-order valence-electron chi connectivity index (χ0n) is 16.8. The average Bonchev–Trinajstić information content (AvgIpc) is 2.75. The van der Waals surface area contributed by atoms with Gasteiger partial charge < -0.3 is 13.9 Å². The van der Waals surface area contributed by atoms with E-state index in [1.807, 2.05) is 26.8 Å². The highest BCUT2D eigenvalue weighted by molar-refractivity contribution is 6.74. The number of methoxy groups -OCH3 is 1. The lowest BCUT2D eigenvalue weighted by Gasteiger charge is -2.38. The molecule has 1 saturated heterocycles. The van der Waals surface area contributed by atoms with E-state index in [9.17, 15) is 4.79 Å². The van der Waals surface area contributed by atoms with Crippen LogP contribution in [0.15, 0.2) is 12.3 Å². The second kappa shape index (κ2) is 7.48. The molecule has 1 rings (SSSR count). The van der Waals surface area contributed by atoms with Crippen molar-refractivity contribution in [1.82, 2.24) is 4.90 Å². The van der Waals surface area contributed by atoms with Gasteiger partial charge in [-0.05, 0) is 51.4 Å². The van der Waals surface area contributed by atoms with Crippen molar-refractivity contribution in [1.29, 1.82) is 0 Å². The van der Waals surface area contributed by atoms with E-state index >= 15 is 0 Å². The Morgan fingerprint density at radius 3 is 2.21 bits per heavy atom. The minimum atomic E-state index is -1.88. The molecule has 5 nitrogen and oxygen atoms in total. The normalized spacial score (nSPS) is 23.0. The average molecular weight is 358 g/mol. The maximum atomic E-state index is 12.5. The van der Waals surface area contributed by atoms with E-state index < -0.39 is 13.9 Å². The van der Waals surface area contributed by atoms with Crippen LogP contribution in [0.2, 0.25) is 18.1 Å². The van der Waals surface area contributed by atoms with E-state index in [2.05, 4.69) is 33.9 Å². The summed E-state index contributed by atoms with van der Waals surface area (Å²) in [5.74, 6) is 0. The number of amides is 1. The first-order valence-corrected chi connectivity index (χ1v) is 11.5. The van der Waals surface area contributed by atoms with Gasteiger partial charge in [0, 0.05) is 6.54 Å². The van der Waals surface area contributed by atoms with Crippen molar-refractivity contribution in [3.8, 4) is 0 Å². The predicted octanol–water partition coefficient (Wildman–Crippen LogP) is 4.55. The number of carbonyl (C=O) groups excluding carboxylic acids is 1. The van der Waals surface area contributed by atoms with Crippen LogP contribution in [-0.2, 0) is 13.9 Å². The summed E-state index contributed by atoms with van der Waals surface area (Å²) in [6, 6.07) is -0.0606. The van der Waals surface area contributed by atoms with Gasteiger partial charge in [-0.3, -0.25) is 4.90 Å². The van der Waals surface area contributed by atoms with Crippen LogP contribution in [0.25, 0.3) is 0 Å². The molecule has 0 bridgehead atoms. The second-order valence-corrected chi connectivity index (χ2v) is 13.8. The molecule has 24 heavy (non-hydrogen) atoms. The lowest BCUT2D eigenvalue weighted by molar-refractivity contribution is 0.0236. The van der Waals surface area contributed by atoms with Gasteiger partial charge in [-0.1, -0.05) is 20.8 Å². The fourth-order valence-electron chi connectivity index (χ4n) is 2.39. The summed E-state index contributed by atoms with van der Waals surface area (Å²) >= 11 is 0. The number of hydrogen-bond acceptors (Lipinski definition) is 4. The van der Waals surface area contributed by atoms with E-state index in [0.717, 1.165) is 6.42 Å². The van der Waals surface area contributed by atoms with Crippen molar-refractivity contribution in [2.24, 2.45) is 0 Å². The summed E-state index contributed by atoms with van der Waals surface area (Å²) in [7, 11) is -0.272. The molecule has 2 atom stereocenters. The summed E-state index contributed by atoms with van der Waals surface area (Å²) < 4.78 is 17.1. The molecule has 6 heteroatoms. The van der Waals surface area contributed by atoms with E-state index in [1.165, 1.54) is 0 Å². The Bertz CT molecular complexity index is 463. The summed E-state index contributed by atoms with van der Waals surface area (Å²) in [6.45, 7) is 17.3. The van der Waals surface area contributed by atoms with Crippen LogP contribution in [-0.4, -0.2) is 50.7 Å². The summed E-state index contributed by atoms with van der Waals surface area (Å²) in [4.78, 5) is 14.3. The molecular weight excluding hydrogens is 322 g/mol. The van der Waals surface area contributed by atoms with Gasteiger partial charge in [-0.2, -0.15) is 0 Å². The van der Waals surface area contributed by atoms with Crippen LogP contribution in [0.1, 0.15) is 48.0 Å².